The van der Waals surface area contributed by atoms with Crippen molar-refractivity contribution in [2.45, 2.75) is 31.5 Å². The molecule has 1 atom stereocenters. The highest BCUT2D eigenvalue weighted by atomic mass is 19.4. The number of aromatic nitrogens is 2. The van der Waals surface area contributed by atoms with Gasteiger partial charge in [0.15, 0.2) is 5.69 Å². The lowest BCUT2D eigenvalue weighted by molar-refractivity contribution is -0.141. The van der Waals surface area contributed by atoms with E-state index >= 15 is 0 Å². The summed E-state index contributed by atoms with van der Waals surface area (Å²) in [5.74, 6) is -0.514. The first-order valence-electron chi connectivity index (χ1n) is 10.2. The number of likely N-dealkylation sites (tertiary alicyclic amines) is 1. The second-order valence-corrected chi connectivity index (χ2v) is 7.66. The molecule has 5 nitrogen and oxygen atoms in total. The molecule has 4 rings (SSSR count). The van der Waals surface area contributed by atoms with Gasteiger partial charge in [0.2, 0.25) is 5.91 Å². The van der Waals surface area contributed by atoms with Gasteiger partial charge in [0.25, 0.3) is 0 Å². The number of benzene rings is 1. The Morgan fingerprint density at radius 1 is 1.16 bits per heavy atom. The number of hydrogen-bond acceptors (Lipinski definition) is 3. The van der Waals surface area contributed by atoms with Gasteiger partial charge in [-0.1, -0.05) is 42.5 Å². The molecule has 0 bridgehead atoms. The van der Waals surface area contributed by atoms with Gasteiger partial charge in [-0.3, -0.25) is 9.69 Å². The van der Waals surface area contributed by atoms with Crippen molar-refractivity contribution in [3.63, 3.8) is 0 Å². The topological polar surface area (TPSA) is 63.6 Å². The highest BCUT2D eigenvalue weighted by Gasteiger charge is 2.38. The average molecular weight is 428 g/mol. The quantitative estimate of drug-likeness (QED) is 0.605. The minimum absolute atomic E-state index is 0.0566. The molecule has 0 unspecified atom stereocenters. The summed E-state index contributed by atoms with van der Waals surface area (Å²) in [6, 6.07) is 14.1. The number of rotatable bonds is 6. The predicted molar refractivity (Wildman–Crippen MR) is 112 cm³/mol. The average Bonchev–Trinajstić information content (AvgIpc) is 3.34. The highest BCUT2D eigenvalue weighted by molar-refractivity contribution is 6.18. The summed E-state index contributed by atoms with van der Waals surface area (Å²) in [5.41, 5.74) is 6.60. The van der Waals surface area contributed by atoms with E-state index in [2.05, 4.69) is 10.00 Å². The summed E-state index contributed by atoms with van der Waals surface area (Å²) in [5, 5.41) is 3.76. The summed E-state index contributed by atoms with van der Waals surface area (Å²) >= 11 is 0. The molecule has 1 fully saturated rings. The highest BCUT2D eigenvalue weighted by Crippen LogP contribution is 2.33. The Morgan fingerprint density at radius 2 is 1.90 bits per heavy atom. The molecule has 1 aliphatic heterocycles. The van der Waals surface area contributed by atoms with Gasteiger partial charge in [0, 0.05) is 29.9 Å². The van der Waals surface area contributed by atoms with Crippen LogP contribution in [-0.2, 0) is 17.4 Å². The van der Waals surface area contributed by atoms with E-state index in [9.17, 15) is 18.0 Å². The molecule has 0 spiro atoms. The van der Waals surface area contributed by atoms with E-state index in [4.69, 9.17) is 5.73 Å². The Labute approximate surface area is 178 Å². The Kier molecular flexibility index (Phi) is 5.82. The van der Waals surface area contributed by atoms with Crippen LogP contribution in [0.5, 0.6) is 0 Å². The summed E-state index contributed by atoms with van der Waals surface area (Å²) in [7, 11) is 0. The Morgan fingerprint density at radius 3 is 2.61 bits per heavy atom. The van der Waals surface area contributed by atoms with Gasteiger partial charge in [-0.15, -0.1) is 0 Å². The third-order valence-electron chi connectivity index (χ3n) is 5.68. The first-order chi connectivity index (χ1) is 14.8. The van der Waals surface area contributed by atoms with E-state index in [0.29, 0.717) is 17.6 Å². The van der Waals surface area contributed by atoms with Crippen LogP contribution in [0.3, 0.4) is 0 Å². The lowest BCUT2D eigenvalue weighted by Crippen LogP contribution is -2.31. The monoisotopic (exact) mass is 428 g/mol. The molecular formula is C23H23F3N4O. The molecule has 0 radical (unpaired) electrons. The van der Waals surface area contributed by atoms with Crippen LogP contribution in [0.2, 0.25) is 0 Å². The molecule has 2 N–H and O–H groups in total. The Balaban J connectivity index is 1.58. The van der Waals surface area contributed by atoms with Crippen molar-refractivity contribution in [2.24, 2.45) is 5.73 Å². The minimum Gasteiger partial charge on any atom is -0.366 e. The summed E-state index contributed by atoms with van der Waals surface area (Å²) in [6.45, 7) is 1.18. The summed E-state index contributed by atoms with van der Waals surface area (Å²) in [4.78, 5) is 14.1. The standard InChI is InChI=1S/C23H23F3N4O/c24-23(25,26)21-18(20-10-4-5-13-30(20)28-21)11-14-29-12-6-9-17(29)15-19(22(27)31)16-7-2-1-3-8-16/h1-5,7-8,10,13,15,17H,6,9,11-12,14H2,(H2,27,31)/t17-/m0/s1. The van der Waals surface area contributed by atoms with Crippen LogP contribution < -0.4 is 5.73 Å². The van der Waals surface area contributed by atoms with Crippen LogP contribution in [0.25, 0.3) is 11.1 Å². The number of pyridine rings is 1. The number of alkyl halides is 3. The van der Waals surface area contributed by atoms with E-state index in [1.807, 2.05) is 36.4 Å². The number of carbonyl (C=O) groups is 1. The van der Waals surface area contributed by atoms with Gasteiger partial charge in [0.1, 0.15) is 0 Å². The number of nitrogens with two attached hydrogens (primary N) is 1. The zero-order valence-electron chi connectivity index (χ0n) is 16.8. The van der Waals surface area contributed by atoms with Gasteiger partial charge in [-0.2, -0.15) is 18.3 Å². The van der Waals surface area contributed by atoms with E-state index in [1.54, 1.807) is 18.2 Å². The third kappa shape index (κ3) is 4.49. The number of amides is 1. The summed E-state index contributed by atoms with van der Waals surface area (Å²) < 4.78 is 42.0. The number of fused-ring (bicyclic) bond motifs is 1. The van der Waals surface area contributed by atoms with Gasteiger partial charge in [0.05, 0.1) is 5.52 Å². The van der Waals surface area contributed by atoms with E-state index in [-0.39, 0.29) is 18.0 Å². The molecule has 1 saturated heterocycles. The molecule has 0 aliphatic carbocycles. The van der Waals surface area contributed by atoms with E-state index in [0.717, 1.165) is 24.9 Å². The van der Waals surface area contributed by atoms with Gasteiger partial charge in [-0.05, 0) is 43.5 Å². The molecule has 3 heterocycles. The zero-order chi connectivity index (χ0) is 22.0. The van der Waals surface area contributed by atoms with E-state index in [1.165, 1.54) is 10.7 Å². The van der Waals surface area contributed by atoms with E-state index < -0.39 is 17.8 Å². The second-order valence-electron chi connectivity index (χ2n) is 7.66. The van der Waals surface area contributed by atoms with Gasteiger partial charge < -0.3 is 5.73 Å². The maximum atomic E-state index is 13.6. The van der Waals surface area contributed by atoms with Crippen LogP contribution in [0, 0.1) is 0 Å². The Bertz CT molecular complexity index is 1100. The first-order valence-corrected chi connectivity index (χ1v) is 10.2. The molecule has 162 valence electrons. The summed E-state index contributed by atoms with van der Waals surface area (Å²) in [6.07, 6.45) is 0.801. The maximum absolute atomic E-state index is 13.6. The van der Waals surface area contributed by atoms with Crippen LogP contribution in [0.4, 0.5) is 13.2 Å². The first kappa shape index (κ1) is 21.1. The zero-order valence-corrected chi connectivity index (χ0v) is 16.8. The van der Waals surface area contributed by atoms with Gasteiger partial charge in [-0.25, -0.2) is 4.52 Å². The van der Waals surface area contributed by atoms with Crippen molar-refractivity contribution in [3.05, 3.63) is 77.6 Å². The molecule has 1 amide bonds. The SMILES string of the molecule is NC(=O)C(=C[C@@H]1CCCN1CCc1c(C(F)(F)F)nn2ccccc12)c1ccccc1. The fraction of sp³-hybridized carbons (Fsp3) is 0.304. The van der Waals surface area contributed by atoms with Crippen molar-refractivity contribution >= 4 is 17.0 Å². The van der Waals surface area contributed by atoms with Crippen molar-refractivity contribution in [1.82, 2.24) is 14.5 Å². The molecule has 1 aliphatic rings. The molecule has 8 heteroatoms. The van der Waals surface area contributed by atoms with Crippen molar-refractivity contribution < 1.29 is 18.0 Å². The number of nitrogens with zero attached hydrogens (tertiary/aromatic N) is 3. The lowest BCUT2D eigenvalue weighted by atomic mass is 10.0. The molecule has 31 heavy (non-hydrogen) atoms. The number of halogens is 3. The smallest absolute Gasteiger partial charge is 0.366 e. The third-order valence-corrected chi connectivity index (χ3v) is 5.68. The van der Waals surface area contributed by atoms with Crippen LogP contribution in [0.1, 0.15) is 29.7 Å². The molecule has 3 aromatic rings. The van der Waals surface area contributed by atoms with Crippen molar-refractivity contribution in [3.8, 4) is 0 Å². The van der Waals surface area contributed by atoms with Crippen molar-refractivity contribution in [2.75, 3.05) is 13.1 Å². The van der Waals surface area contributed by atoms with Crippen LogP contribution >= 0.6 is 0 Å². The lowest BCUT2D eigenvalue weighted by Gasteiger charge is -2.23. The molecule has 1 aromatic carbocycles. The van der Waals surface area contributed by atoms with Crippen LogP contribution in [-0.4, -0.2) is 39.6 Å². The Hall–Kier alpha value is -3.13. The predicted octanol–water partition coefficient (Wildman–Crippen LogP) is 3.93. The minimum atomic E-state index is -4.52. The maximum Gasteiger partial charge on any atom is 0.435 e. The number of hydrogen-bond donors (Lipinski definition) is 1. The second kappa shape index (κ2) is 8.55. The normalized spacial score (nSPS) is 18.0. The molecule has 0 saturated carbocycles. The fourth-order valence-corrected chi connectivity index (χ4v) is 4.23. The number of carbonyl (C=O) groups excluding carboxylic acids is 1. The number of primary amides is 1. The molecule has 2 aromatic heterocycles. The largest absolute Gasteiger partial charge is 0.435 e. The fourth-order valence-electron chi connectivity index (χ4n) is 4.23. The van der Waals surface area contributed by atoms with Crippen molar-refractivity contribution in [1.29, 1.82) is 0 Å². The van der Waals surface area contributed by atoms with Crippen LogP contribution in [0.15, 0.2) is 60.8 Å². The molecular weight excluding hydrogens is 405 g/mol. The van der Waals surface area contributed by atoms with Gasteiger partial charge >= 0.3 is 6.18 Å².